The Morgan fingerprint density at radius 3 is 2.57 bits per heavy atom. The van der Waals surface area contributed by atoms with Gasteiger partial charge in [0.25, 0.3) is 0 Å². The van der Waals surface area contributed by atoms with Crippen LogP contribution in [0.15, 0.2) is 0 Å². The highest BCUT2D eigenvalue weighted by Crippen LogP contribution is 2.07. The molecule has 0 aliphatic rings. The van der Waals surface area contributed by atoms with Crippen LogP contribution in [0.5, 0.6) is 0 Å². The molecule has 0 saturated carbocycles. The van der Waals surface area contributed by atoms with E-state index in [-0.39, 0.29) is 6.10 Å². The first-order valence-electron chi connectivity index (χ1n) is 4.65. The summed E-state index contributed by atoms with van der Waals surface area (Å²) < 4.78 is 7.10. The smallest absolute Gasteiger partial charge is 0.147 e. The van der Waals surface area contributed by atoms with E-state index >= 15 is 0 Å². The number of nitrogens with zero attached hydrogens (tertiary/aromatic N) is 3. The molecule has 0 aromatic carbocycles. The number of hydrogen-bond donors (Lipinski definition) is 0. The van der Waals surface area contributed by atoms with Crippen molar-refractivity contribution in [2.75, 3.05) is 7.11 Å². The Balaban J connectivity index is 2.54. The lowest BCUT2D eigenvalue weighted by Crippen LogP contribution is -2.09. The molecule has 80 valence electrons. The third-order valence-corrected chi connectivity index (χ3v) is 2.59. The second kappa shape index (κ2) is 5.32. The quantitative estimate of drug-likeness (QED) is 0.703. The number of ether oxygens (including phenoxy) is 1. The molecule has 0 saturated heterocycles. The van der Waals surface area contributed by atoms with Gasteiger partial charge >= 0.3 is 0 Å². The van der Waals surface area contributed by atoms with E-state index < -0.39 is 0 Å². The summed E-state index contributed by atoms with van der Waals surface area (Å²) in [5.41, 5.74) is 0. The second-order valence-electron chi connectivity index (χ2n) is 3.31. The Hall–Kier alpha value is -0.610. The lowest BCUT2D eigenvalue weighted by Gasteiger charge is -2.08. The van der Waals surface area contributed by atoms with Gasteiger partial charge in [0.15, 0.2) is 0 Å². The van der Waals surface area contributed by atoms with Crippen molar-refractivity contribution in [2.24, 2.45) is 7.05 Å². The molecular weight excluding hydrogens is 202 g/mol. The molecule has 4 nitrogen and oxygen atoms in total. The van der Waals surface area contributed by atoms with Crippen LogP contribution in [0.4, 0.5) is 0 Å². The molecule has 1 aromatic heterocycles. The van der Waals surface area contributed by atoms with Gasteiger partial charge in [-0.3, -0.25) is 0 Å². The van der Waals surface area contributed by atoms with Gasteiger partial charge in [0, 0.05) is 20.6 Å². The maximum absolute atomic E-state index is 5.69. The fraction of sp³-hybridized carbons (Fsp3) is 0.778. The van der Waals surface area contributed by atoms with Crippen LogP contribution >= 0.6 is 11.6 Å². The molecule has 1 aromatic rings. The van der Waals surface area contributed by atoms with E-state index in [1.165, 1.54) is 0 Å². The first-order chi connectivity index (χ1) is 6.69. The Labute approximate surface area is 89.2 Å². The Kier molecular flexibility index (Phi) is 4.35. The number of methoxy groups -OCH3 is 1. The monoisotopic (exact) mass is 217 g/mol. The van der Waals surface area contributed by atoms with Crippen molar-refractivity contribution >= 4 is 11.6 Å². The Morgan fingerprint density at radius 2 is 2.07 bits per heavy atom. The van der Waals surface area contributed by atoms with E-state index in [9.17, 15) is 0 Å². The van der Waals surface area contributed by atoms with Crippen molar-refractivity contribution in [1.29, 1.82) is 0 Å². The molecule has 0 aliphatic heterocycles. The first kappa shape index (κ1) is 11.5. The zero-order chi connectivity index (χ0) is 10.6. The average molecular weight is 218 g/mol. The molecule has 0 fully saturated rings. The van der Waals surface area contributed by atoms with E-state index in [2.05, 4.69) is 10.2 Å². The van der Waals surface area contributed by atoms with Crippen molar-refractivity contribution in [3.63, 3.8) is 0 Å². The summed E-state index contributed by atoms with van der Waals surface area (Å²) in [4.78, 5) is 0. The van der Waals surface area contributed by atoms with Crippen LogP contribution < -0.4 is 0 Å². The molecule has 14 heavy (non-hydrogen) atoms. The molecule has 0 N–H and O–H groups in total. The van der Waals surface area contributed by atoms with Gasteiger partial charge in [-0.15, -0.1) is 21.8 Å². The summed E-state index contributed by atoms with van der Waals surface area (Å²) in [5, 5.41) is 8.04. The van der Waals surface area contributed by atoms with Gasteiger partial charge in [0.2, 0.25) is 0 Å². The van der Waals surface area contributed by atoms with Crippen LogP contribution in [0, 0.1) is 0 Å². The van der Waals surface area contributed by atoms with Gasteiger partial charge in [0.05, 0.1) is 12.0 Å². The van der Waals surface area contributed by atoms with Crippen molar-refractivity contribution in [2.45, 2.75) is 31.7 Å². The van der Waals surface area contributed by atoms with Gasteiger partial charge in [-0.05, 0) is 13.3 Å². The number of alkyl halides is 1. The molecule has 1 unspecified atom stereocenters. The zero-order valence-electron chi connectivity index (χ0n) is 8.83. The highest BCUT2D eigenvalue weighted by atomic mass is 35.5. The van der Waals surface area contributed by atoms with Gasteiger partial charge in [-0.2, -0.15) is 0 Å². The molecule has 1 rings (SSSR count). The van der Waals surface area contributed by atoms with Crippen LogP contribution in [0.3, 0.4) is 0 Å². The van der Waals surface area contributed by atoms with Crippen molar-refractivity contribution in [1.82, 2.24) is 14.8 Å². The second-order valence-corrected chi connectivity index (χ2v) is 3.58. The van der Waals surface area contributed by atoms with Crippen molar-refractivity contribution < 1.29 is 4.74 Å². The molecule has 5 heteroatoms. The lowest BCUT2D eigenvalue weighted by molar-refractivity contribution is 0.110. The molecular formula is C9H16ClN3O. The zero-order valence-corrected chi connectivity index (χ0v) is 9.58. The molecule has 0 bridgehead atoms. The number of aromatic nitrogens is 3. The summed E-state index contributed by atoms with van der Waals surface area (Å²) in [6.45, 7) is 2.04. The predicted octanol–water partition coefficient (Wildman–Crippen LogP) is 1.52. The third-order valence-electron chi connectivity index (χ3n) is 2.35. The number of halogens is 1. The molecule has 0 spiro atoms. The lowest BCUT2D eigenvalue weighted by atomic mass is 10.2. The average Bonchev–Trinajstić information content (AvgIpc) is 2.56. The summed E-state index contributed by atoms with van der Waals surface area (Å²) in [6.07, 6.45) is 2.08. The van der Waals surface area contributed by atoms with E-state index in [0.29, 0.717) is 5.88 Å². The highest BCUT2D eigenvalue weighted by molar-refractivity contribution is 6.16. The van der Waals surface area contributed by atoms with Crippen molar-refractivity contribution in [3.05, 3.63) is 11.6 Å². The van der Waals surface area contributed by atoms with E-state index in [4.69, 9.17) is 16.3 Å². The molecule has 0 radical (unpaired) electrons. The normalized spacial score (nSPS) is 13.1. The van der Waals surface area contributed by atoms with Gasteiger partial charge in [0.1, 0.15) is 11.6 Å². The van der Waals surface area contributed by atoms with E-state index in [1.54, 1.807) is 7.11 Å². The topological polar surface area (TPSA) is 39.9 Å². The van der Waals surface area contributed by atoms with Crippen molar-refractivity contribution in [3.8, 4) is 0 Å². The van der Waals surface area contributed by atoms with Gasteiger partial charge < -0.3 is 9.30 Å². The van der Waals surface area contributed by atoms with Crippen LogP contribution in [-0.4, -0.2) is 28.0 Å². The number of aryl methyl sites for hydroxylation is 1. The molecule has 0 aliphatic carbocycles. The Bertz CT molecular complexity index is 288. The molecule has 1 atom stereocenters. The van der Waals surface area contributed by atoms with Crippen LogP contribution in [0.1, 0.15) is 25.0 Å². The summed E-state index contributed by atoms with van der Waals surface area (Å²) in [7, 11) is 3.65. The van der Waals surface area contributed by atoms with Crippen LogP contribution in [-0.2, 0) is 24.1 Å². The van der Waals surface area contributed by atoms with E-state index in [0.717, 1.165) is 24.5 Å². The SMILES string of the molecule is COC(C)CCc1nnc(CCl)n1C. The molecule has 0 amide bonds. The maximum Gasteiger partial charge on any atom is 0.147 e. The minimum absolute atomic E-state index is 0.256. The van der Waals surface area contributed by atoms with Gasteiger partial charge in [-0.1, -0.05) is 0 Å². The Morgan fingerprint density at radius 1 is 1.43 bits per heavy atom. The van der Waals surface area contributed by atoms with Crippen LogP contribution in [0.25, 0.3) is 0 Å². The standard InChI is InChI=1S/C9H16ClN3O/c1-7(14-3)4-5-8-11-12-9(6-10)13(8)2/h7H,4-6H2,1-3H3. The minimum atomic E-state index is 0.256. The first-order valence-corrected chi connectivity index (χ1v) is 5.18. The number of hydrogen-bond acceptors (Lipinski definition) is 3. The van der Waals surface area contributed by atoms with Crippen LogP contribution in [0.2, 0.25) is 0 Å². The predicted molar refractivity (Wildman–Crippen MR) is 55.4 cm³/mol. The summed E-state index contributed by atoms with van der Waals surface area (Å²) in [6, 6.07) is 0. The third kappa shape index (κ3) is 2.69. The highest BCUT2D eigenvalue weighted by Gasteiger charge is 2.08. The summed E-state index contributed by atoms with van der Waals surface area (Å²) in [5.74, 6) is 2.18. The van der Waals surface area contributed by atoms with E-state index in [1.807, 2.05) is 18.5 Å². The summed E-state index contributed by atoms with van der Waals surface area (Å²) >= 11 is 5.69. The largest absolute Gasteiger partial charge is 0.382 e. The molecule has 1 heterocycles. The van der Waals surface area contributed by atoms with Gasteiger partial charge in [-0.25, -0.2) is 0 Å². The minimum Gasteiger partial charge on any atom is -0.382 e. The fourth-order valence-corrected chi connectivity index (χ4v) is 1.42. The number of rotatable bonds is 5. The maximum atomic E-state index is 5.69. The fourth-order valence-electron chi connectivity index (χ4n) is 1.18.